The molecule has 41 heavy (non-hydrogen) atoms. The smallest absolute Gasteiger partial charge is 0.269 e. The number of Topliss-reactive ketones (excluding diaryl/α,β-unsaturated/α-hetero) is 2. The highest BCUT2D eigenvalue weighted by molar-refractivity contribution is 9.10. The number of halogens is 1. The van der Waals surface area contributed by atoms with Gasteiger partial charge in [-0.1, -0.05) is 39.8 Å². The molecule has 1 heterocycles. The van der Waals surface area contributed by atoms with Crippen LogP contribution < -0.4 is 14.8 Å². The third kappa shape index (κ3) is 5.82. The molecule has 0 amide bonds. The van der Waals surface area contributed by atoms with Gasteiger partial charge in [-0.2, -0.15) is 0 Å². The second-order valence-corrected chi connectivity index (χ2v) is 13.6. The number of dihydropyridines is 1. The van der Waals surface area contributed by atoms with Gasteiger partial charge in [-0.25, -0.2) is 0 Å². The monoisotopic (exact) mass is 622 g/mol. The Balaban J connectivity index is 1.59. The summed E-state index contributed by atoms with van der Waals surface area (Å²) in [6.07, 6.45) is 2.27. The summed E-state index contributed by atoms with van der Waals surface area (Å²) >= 11 is 3.66. The van der Waals surface area contributed by atoms with Gasteiger partial charge in [0.15, 0.2) is 23.1 Å². The van der Waals surface area contributed by atoms with E-state index in [-0.39, 0.29) is 34.7 Å². The summed E-state index contributed by atoms with van der Waals surface area (Å²) < 4.78 is 12.7. The maximum Gasteiger partial charge on any atom is 0.269 e. The van der Waals surface area contributed by atoms with Crippen molar-refractivity contribution in [3.63, 3.8) is 0 Å². The molecule has 0 fully saturated rings. The van der Waals surface area contributed by atoms with E-state index in [1.165, 1.54) is 12.1 Å². The van der Waals surface area contributed by atoms with Gasteiger partial charge in [0.2, 0.25) is 0 Å². The van der Waals surface area contributed by atoms with Crippen LogP contribution in [-0.2, 0) is 16.2 Å². The summed E-state index contributed by atoms with van der Waals surface area (Å²) in [4.78, 5) is 38.1. The normalized spacial score (nSPS) is 19.9. The molecule has 1 N–H and O–H groups in total. The van der Waals surface area contributed by atoms with Crippen molar-refractivity contribution in [1.29, 1.82) is 0 Å². The van der Waals surface area contributed by atoms with Crippen LogP contribution in [0, 0.1) is 20.9 Å². The van der Waals surface area contributed by atoms with Gasteiger partial charge >= 0.3 is 0 Å². The van der Waals surface area contributed by atoms with Gasteiger partial charge in [0.05, 0.1) is 16.0 Å². The van der Waals surface area contributed by atoms with Crippen LogP contribution in [0.4, 0.5) is 5.69 Å². The first-order valence-electron chi connectivity index (χ1n) is 13.9. The predicted molar refractivity (Wildman–Crippen MR) is 159 cm³/mol. The Morgan fingerprint density at radius 2 is 1.56 bits per heavy atom. The highest BCUT2D eigenvalue weighted by Crippen LogP contribution is 2.52. The van der Waals surface area contributed by atoms with Crippen molar-refractivity contribution in [3.8, 4) is 11.5 Å². The largest absolute Gasteiger partial charge is 0.490 e. The number of hydrogen-bond acceptors (Lipinski definition) is 7. The van der Waals surface area contributed by atoms with E-state index in [1.54, 1.807) is 12.1 Å². The third-order valence-electron chi connectivity index (χ3n) is 7.89. The van der Waals surface area contributed by atoms with Crippen molar-refractivity contribution in [3.05, 3.63) is 84.7 Å². The van der Waals surface area contributed by atoms with Crippen LogP contribution in [0.15, 0.2) is 63.4 Å². The van der Waals surface area contributed by atoms with Crippen LogP contribution in [-0.4, -0.2) is 23.1 Å². The first kappa shape index (κ1) is 29.0. The summed E-state index contributed by atoms with van der Waals surface area (Å²) in [5, 5.41) is 14.8. The molecule has 0 saturated heterocycles. The molecule has 0 spiro atoms. The molecule has 0 bridgehead atoms. The van der Waals surface area contributed by atoms with E-state index >= 15 is 0 Å². The Labute approximate surface area is 248 Å². The second-order valence-electron chi connectivity index (χ2n) is 12.7. The van der Waals surface area contributed by atoms with E-state index in [1.807, 2.05) is 19.1 Å². The lowest BCUT2D eigenvalue weighted by Crippen LogP contribution is -2.42. The van der Waals surface area contributed by atoms with Gasteiger partial charge in [-0.15, -0.1) is 0 Å². The van der Waals surface area contributed by atoms with Crippen LogP contribution in [0.2, 0.25) is 0 Å². The van der Waals surface area contributed by atoms with Gasteiger partial charge in [-0.05, 0) is 69.8 Å². The Morgan fingerprint density at radius 3 is 2.12 bits per heavy atom. The number of hydrogen-bond donors (Lipinski definition) is 1. The number of carbonyl (C=O) groups is 2. The quantitative estimate of drug-likeness (QED) is 0.255. The van der Waals surface area contributed by atoms with Crippen molar-refractivity contribution < 1.29 is 24.0 Å². The average Bonchev–Trinajstić information content (AvgIpc) is 2.85. The molecule has 0 radical (unpaired) electrons. The van der Waals surface area contributed by atoms with E-state index in [0.29, 0.717) is 52.1 Å². The fourth-order valence-electron chi connectivity index (χ4n) is 6.30. The van der Waals surface area contributed by atoms with Gasteiger partial charge in [0.1, 0.15) is 6.61 Å². The van der Waals surface area contributed by atoms with Gasteiger partial charge in [-0.3, -0.25) is 19.7 Å². The average molecular weight is 624 g/mol. The number of nitrogens with zero attached hydrogens (tertiary/aromatic N) is 1. The van der Waals surface area contributed by atoms with Crippen molar-refractivity contribution in [1.82, 2.24) is 5.32 Å². The Kier molecular flexibility index (Phi) is 7.61. The highest BCUT2D eigenvalue weighted by atomic mass is 79.9. The number of carbonyl (C=O) groups excluding carboxylic acids is 2. The van der Waals surface area contributed by atoms with E-state index in [4.69, 9.17) is 9.47 Å². The fraction of sp³-hybridized carbons (Fsp3) is 0.438. The van der Waals surface area contributed by atoms with Gasteiger partial charge in [0, 0.05) is 53.4 Å². The molecule has 1 aliphatic heterocycles. The first-order valence-corrected chi connectivity index (χ1v) is 14.7. The maximum atomic E-state index is 13.7. The van der Waals surface area contributed by atoms with Crippen LogP contribution in [0.5, 0.6) is 11.5 Å². The molecule has 0 unspecified atom stereocenters. The lowest BCUT2D eigenvalue weighted by molar-refractivity contribution is -0.384. The molecule has 2 aliphatic carbocycles. The fourth-order valence-corrected chi connectivity index (χ4v) is 6.87. The van der Waals surface area contributed by atoms with E-state index in [9.17, 15) is 19.7 Å². The summed E-state index contributed by atoms with van der Waals surface area (Å²) in [7, 11) is 0. The molecule has 0 saturated carbocycles. The molecule has 0 atom stereocenters. The van der Waals surface area contributed by atoms with Crippen LogP contribution in [0.3, 0.4) is 0 Å². The number of allylic oxidation sites excluding steroid dienone is 4. The molecular formula is C32H35BrN2O6. The zero-order valence-corrected chi connectivity index (χ0v) is 25.6. The number of nitro benzene ring substituents is 1. The zero-order valence-electron chi connectivity index (χ0n) is 24.1. The van der Waals surface area contributed by atoms with Crippen molar-refractivity contribution >= 4 is 33.2 Å². The summed E-state index contributed by atoms with van der Waals surface area (Å²) in [5.74, 6) is 0.523. The molecule has 2 aromatic rings. The van der Waals surface area contributed by atoms with Gasteiger partial charge < -0.3 is 14.8 Å². The lowest BCUT2D eigenvalue weighted by Gasteiger charge is -2.44. The second kappa shape index (κ2) is 10.7. The highest BCUT2D eigenvalue weighted by Gasteiger charge is 2.46. The molecule has 5 rings (SSSR count). The lowest BCUT2D eigenvalue weighted by atomic mass is 9.64. The first-order chi connectivity index (χ1) is 19.3. The number of ketones is 2. The van der Waals surface area contributed by atoms with Crippen molar-refractivity contribution in [2.75, 3.05) is 6.61 Å². The number of benzene rings is 2. The van der Waals surface area contributed by atoms with Crippen LogP contribution >= 0.6 is 15.9 Å². The summed E-state index contributed by atoms with van der Waals surface area (Å²) in [6, 6.07) is 10.1. The van der Waals surface area contributed by atoms with E-state index < -0.39 is 10.8 Å². The number of non-ortho nitro benzene ring substituents is 1. The molecule has 2 aromatic carbocycles. The molecule has 216 valence electrons. The predicted octanol–water partition coefficient (Wildman–Crippen LogP) is 7.31. The maximum absolute atomic E-state index is 13.7. The van der Waals surface area contributed by atoms with Crippen molar-refractivity contribution in [2.24, 2.45) is 10.8 Å². The minimum atomic E-state index is -0.505. The Bertz CT molecular complexity index is 1470. The summed E-state index contributed by atoms with van der Waals surface area (Å²) in [5.41, 5.74) is 4.19. The summed E-state index contributed by atoms with van der Waals surface area (Å²) in [6.45, 7) is 10.7. The molecule has 0 aromatic heterocycles. The van der Waals surface area contributed by atoms with E-state index in [0.717, 1.165) is 29.8 Å². The third-order valence-corrected chi connectivity index (χ3v) is 8.48. The molecule has 9 heteroatoms. The Hall–Kier alpha value is -3.46. The topological polar surface area (TPSA) is 108 Å². The van der Waals surface area contributed by atoms with Crippen molar-refractivity contribution in [2.45, 2.75) is 72.8 Å². The molecule has 8 nitrogen and oxygen atoms in total. The molecule has 3 aliphatic rings. The minimum Gasteiger partial charge on any atom is -0.490 e. The molecular weight excluding hydrogens is 588 g/mol. The van der Waals surface area contributed by atoms with Crippen LogP contribution in [0.1, 0.15) is 77.3 Å². The Morgan fingerprint density at radius 1 is 0.951 bits per heavy atom. The number of ether oxygens (including phenoxy) is 2. The number of rotatable bonds is 7. The minimum absolute atomic E-state index is 0.00901. The zero-order chi connectivity index (χ0) is 29.7. The standard InChI is InChI=1S/C32H35BrN2O6/c1-6-40-26-12-19(11-21(33)30(26)41-17-18-8-7-9-20(10-18)35(38)39)27-28-22(13-31(2,3)15-24(28)36)34-23-14-32(4,5)16-25(37)29(23)27/h7-12,27,34H,6,13-17H2,1-5H3. The number of nitrogens with one attached hydrogen (secondary N) is 1. The SMILES string of the molecule is CCOc1cc(C2C3=C(CC(C)(C)CC3=O)NC3=C2C(=O)CC(C)(C)C3)cc(Br)c1OCc1cccc([N+](=O)[O-])c1. The number of nitro groups is 1. The van der Waals surface area contributed by atoms with Gasteiger partial charge in [0.25, 0.3) is 5.69 Å². The van der Waals surface area contributed by atoms with Crippen LogP contribution in [0.25, 0.3) is 0 Å². The van der Waals surface area contributed by atoms with E-state index in [2.05, 4.69) is 48.9 Å².